The van der Waals surface area contributed by atoms with Crippen LogP contribution in [0, 0.1) is 10.8 Å². The van der Waals surface area contributed by atoms with Crippen LogP contribution in [0.5, 0.6) is 0 Å². The smallest absolute Gasteiger partial charge is 1.00 e. The minimum Gasteiger partial charge on any atom is -1.00 e. The molecule has 0 bridgehead atoms. The van der Waals surface area contributed by atoms with Crippen LogP contribution in [0.3, 0.4) is 0 Å². The van der Waals surface area contributed by atoms with Crippen molar-refractivity contribution in [3.8, 4) is 0 Å². The van der Waals surface area contributed by atoms with E-state index in [1.807, 2.05) is 0 Å². The molecule has 3 nitrogen and oxygen atoms in total. The fourth-order valence-electron chi connectivity index (χ4n) is 0. The van der Waals surface area contributed by atoms with Crippen molar-refractivity contribution >= 4 is 45.5 Å². The van der Waals surface area contributed by atoms with Gasteiger partial charge in [0.25, 0.3) is 10.8 Å². The van der Waals surface area contributed by atoms with Crippen LogP contribution in [0.2, 0.25) is 0 Å². The van der Waals surface area contributed by atoms with E-state index in [1.165, 1.54) is 0 Å². The topological polar surface area (TPSA) is 66.3 Å². The van der Waals surface area contributed by atoms with Crippen LogP contribution < -0.4 is 9.32 Å². The molecule has 0 aliphatic heterocycles. The minimum absolute atomic E-state index is 0. The van der Waals surface area contributed by atoms with Crippen molar-refractivity contribution in [1.29, 1.82) is 0 Å². The van der Waals surface area contributed by atoms with Gasteiger partial charge in [-0.15, -0.1) is 0 Å². The zero-order valence-electron chi connectivity index (χ0n) is 4.35. The third-order valence-electron chi connectivity index (χ3n) is 0. The molecule has 0 atom stereocenters. The van der Waals surface area contributed by atoms with Crippen LogP contribution in [0.25, 0.3) is 0 Å². The van der Waals surface area contributed by atoms with Crippen LogP contribution in [0.1, 0.15) is 2.85 Å². The zero-order valence-corrected chi connectivity index (χ0v) is 6.58. The Balaban J connectivity index is -0.0000000150. The van der Waals surface area contributed by atoms with Gasteiger partial charge in [-0.1, -0.05) is 0 Å². The van der Waals surface area contributed by atoms with E-state index in [0.717, 1.165) is 0 Å². The minimum atomic E-state index is -2.60. The van der Waals surface area contributed by atoms with Gasteiger partial charge in [-0.3, -0.25) is 0 Å². The van der Waals surface area contributed by atoms with Gasteiger partial charge in [0, 0.05) is 4.66 Å². The molecule has 0 aromatic carbocycles. The summed E-state index contributed by atoms with van der Waals surface area (Å²) in [5.74, 6) is 0. The fraction of sp³-hybridized carbons (Fsp3) is 0. The van der Waals surface area contributed by atoms with Crippen molar-refractivity contribution < 1.29 is 27.6 Å². The van der Waals surface area contributed by atoms with E-state index in [2.05, 4.69) is 0 Å². The second-order valence-corrected chi connectivity index (χ2v) is 0.603. The predicted octanol–water partition coefficient (Wildman–Crippen LogP) is -3.09. The van der Waals surface area contributed by atoms with Gasteiger partial charge < -0.3 is 12.2 Å². The van der Waals surface area contributed by atoms with E-state index in [9.17, 15) is 0 Å². The summed E-state index contributed by atoms with van der Waals surface area (Å²) in [7, 11) is -2.60. The van der Waals surface area contributed by atoms with Gasteiger partial charge in [0.2, 0.25) is 0 Å². The summed E-state index contributed by atoms with van der Waals surface area (Å²) < 4.78 is 24.0. The number of halogens is 1. The summed E-state index contributed by atoms with van der Waals surface area (Å²) in [6.45, 7) is 0. The maximum Gasteiger partial charge on any atom is 2.00 e. The average molecular weight is 174 g/mol. The first kappa shape index (κ1) is 9.82. The van der Waals surface area contributed by atoms with E-state index in [-0.39, 0.29) is 48.3 Å². The Morgan fingerprint density at radius 2 is 1.60 bits per heavy atom. The molecule has 30 valence electrons. The predicted molar refractivity (Wildman–Crippen MR) is 10.2 cm³/mol. The summed E-state index contributed by atoms with van der Waals surface area (Å²) in [4.78, 5) is 0. The largest absolute Gasteiger partial charge is 2.00 e. The third-order valence-corrected chi connectivity index (χ3v) is 0. The fourth-order valence-corrected chi connectivity index (χ4v) is 0. The maximum atomic E-state index is 8.52. The van der Waals surface area contributed by atoms with Gasteiger partial charge in [-0.25, -0.2) is 0 Å². The van der Waals surface area contributed by atoms with Gasteiger partial charge in [0.1, 0.15) is 0 Å². The number of hydrogen-bond donors (Lipinski definition) is 1. The quantitative estimate of drug-likeness (QED) is 0.396. The molecule has 0 aliphatic rings. The first-order valence-corrected chi connectivity index (χ1v) is 1.43. The van der Waals surface area contributed by atoms with Crippen LogP contribution >= 0.6 is 0 Å². The zero-order chi connectivity index (χ0) is 3.58. The summed E-state index contributed by atoms with van der Waals surface area (Å²) in [6, 6.07) is 0. The van der Waals surface area contributed by atoms with Gasteiger partial charge >= 0.3 is 45.5 Å². The SMILES string of the molecule is [H-].[H-].[O-][Cl+2]([O-])O.[Sr+2]. The van der Waals surface area contributed by atoms with E-state index in [4.69, 9.17) is 14.0 Å². The molecule has 0 saturated heterocycles. The van der Waals surface area contributed by atoms with Crippen molar-refractivity contribution in [3.05, 3.63) is 0 Å². The average Bonchev–Trinajstić information content (AvgIpc) is 0.811. The molecule has 0 radical (unpaired) electrons. The van der Waals surface area contributed by atoms with E-state index in [0.29, 0.717) is 0 Å². The Kier molecular flexibility index (Phi) is 11.1. The Hall–Kier alpha value is 1.65. The molecule has 0 rings (SSSR count). The van der Waals surface area contributed by atoms with Crippen LogP contribution in [0.4, 0.5) is 0 Å². The molecule has 5 heavy (non-hydrogen) atoms. The molecule has 0 amide bonds. The molecular weight excluding hydrogens is 171 g/mol. The molecule has 5 heteroatoms. The van der Waals surface area contributed by atoms with Crippen molar-refractivity contribution in [2.45, 2.75) is 0 Å². The summed E-state index contributed by atoms with van der Waals surface area (Å²) >= 11 is 0. The Morgan fingerprint density at radius 1 is 1.60 bits per heavy atom. The summed E-state index contributed by atoms with van der Waals surface area (Å²) in [6.07, 6.45) is 0. The van der Waals surface area contributed by atoms with E-state index >= 15 is 0 Å². The Bertz CT molecular complexity index is 17.7. The molecule has 0 aromatic rings. The molecular formula is H3ClO3Sr. The molecule has 0 unspecified atom stereocenters. The van der Waals surface area contributed by atoms with Crippen LogP contribution in [-0.4, -0.2) is 50.1 Å². The van der Waals surface area contributed by atoms with Crippen molar-refractivity contribution in [3.63, 3.8) is 0 Å². The maximum absolute atomic E-state index is 8.52. The second kappa shape index (κ2) is 5.65. The summed E-state index contributed by atoms with van der Waals surface area (Å²) in [5.41, 5.74) is 0. The standard InChI is InChI=1S/ClHO3.Sr.2H/c2-1(3)4;;;/h2H;;;/q;+2;2*-1. The number of rotatable bonds is 0. The third kappa shape index (κ3) is 27.6. The van der Waals surface area contributed by atoms with Crippen molar-refractivity contribution in [2.75, 3.05) is 0 Å². The monoisotopic (exact) mass is 174 g/mol. The molecule has 0 fully saturated rings. The van der Waals surface area contributed by atoms with Crippen LogP contribution in [-0.2, 0) is 0 Å². The normalized spacial score (nSPS) is 7.20. The van der Waals surface area contributed by atoms with Gasteiger partial charge in [0.15, 0.2) is 0 Å². The Labute approximate surface area is 72.2 Å². The van der Waals surface area contributed by atoms with E-state index < -0.39 is 10.8 Å². The number of hydrogen-bond acceptors (Lipinski definition) is 3. The molecule has 0 aliphatic carbocycles. The molecule has 0 saturated carbocycles. The first-order valence-electron chi connectivity index (χ1n) is 0.478. The summed E-state index contributed by atoms with van der Waals surface area (Å²) in [5, 5.41) is 0. The molecule has 0 heterocycles. The van der Waals surface area contributed by atoms with Crippen LogP contribution in [0.15, 0.2) is 0 Å². The van der Waals surface area contributed by atoms with Gasteiger partial charge in [-0.05, 0) is 0 Å². The second-order valence-electron chi connectivity index (χ2n) is 0.201. The van der Waals surface area contributed by atoms with Crippen molar-refractivity contribution in [2.24, 2.45) is 0 Å². The van der Waals surface area contributed by atoms with Gasteiger partial charge in [0.05, 0.1) is 0 Å². The molecule has 1 N–H and O–H groups in total. The van der Waals surface area contributed by atoms with E-state index in [1.54, 1.807) is 0 Å². The first-order chi connectivity index (χ1) is 1.73. The molecule has 0 spiro atoms. The Morgan fingerprint density at radius 3 is 1.60 bits per heavy atom. The molecule has 0 aromatic heterocycles. The van der Waals surface area contributed by atoms with Gasteiger partial charge in [-0.2, -0.15) is 0 Å². The van der Waals surface area contributed by atoms with Crippen molar-refractivity contribution in [1.82, 2.24) is 0 Å².